The summed E-state index contributed by atoms with van der Waals surface area (Å²) in [5.41, 5.74) is 12.0. The van der Waals surface area contributed by atoms with Crippen molar-refractivity contribution in [2.45, 2.75) is 31.7 Å². The molecule has 2 rings (SSSR count). The standard InChI is InChI=1S/C15H22N4O/c16-15(17)18-13(11-12-7-3-1-4-8-12)14(20)19-9-5-2-6-10-19/h1,3-4,7-8,13H,2,5-6,9-11H2,(H4,16,17,18)/t13-/m0/s1. The summed E-state index contributed by atoms with van der Waals surface area (Å²) in [7, 11) is 0. The van der Waals surface area contributed by atoms with Crippen LogP contribution in [0.3, 0.4) is 0 Å². The molecule has 1 fully saturated rings. The Morgan fingerprint density at radius 1 is 1.15 bits per heavy atom. The van der Waals surface area contributed by atoms with E-state index in [1.807, 2.05) is 35.2 Å². The highest BCUT2D eigenvalue weighted by Gasteiger charge is 2.25. The van der Waals surface area contributed by atoms with Crippen molar-refractivity contribution in [1.29, 1.82) is 0 Å². The lowest BCUT2D eigenvalue weighted by Crippen LogP contribution is -2.43. The summed E-state index contributed by atoms with van der Waals surface area (Å²) in [5, 5.41) is 0. The molecule has 1 aromatic rings. The Hall–Kier alpha value is -2.04. The van der Waals surface area contributed by atoms with Gasteiger partial charge in [-0.05, 0) is 24.8 Å². The first-order valence-corrected chi connectivity index (χ1v) is 7.08. The smallest absolute Gasteiger partial charge is 0.247 e. The zero-order chi connectivity index (χ0) is 14.4. The molecule has 1 atom stereocenters. The number of rotatable bonds is 4. The lowest BCUT2D eigenvalue weighted by molar-refractivity contribution is -0.133. The molecule has 0 radical (unpaired) electrons. The molecule has 4 N–H and O–H groups in total. The monoisotopic (exact) mass is 274 g/mol. The highest BCUT2D eigenvalue weighted by molar-refractivity contribution is 5.86. The SMILES string of the molecule is NC(N)=N[C@@H](Cc1ccccc1)C(=O)N1CCCCC1. The molecular formula is C15H22N4O. The van der Waals surface area contributed by atoms with Crippen LogP contribution in [0.1, 0.15) is 24.8 Å². The van der Waals surface area contributed by atoms with Gasteiger partial charge in [0.15, 0.2) is 5.96 Å². The minimum Gasteiger partial charge on any atom is -0.370 e. The van der Waals surface area contributed by atoms with Crippen LogP contribution in [0.25, 0.3) is 0 Å². The lowest BCUT2D eigenvalue weighted by Gasteiger charge is -2.29. The van der Waals surface area contributed by atoms with Crippen LogP contribution < -0.4 is 11.5 Å². The number of carbonyl (C=O) groups is 1. The van der Waals surface area contributed by atoms with E-state index in [-0.39, 0.29) is 11.9 Å². The molecule has 0 bridgehead atoms. The average Bonchev–Trinajstić information content (AvgIpc) is 2.47. The van der Waals surface area contributed by atoms with Crippen molar-refractivity contribution >= 4 is 11.9 Å². The largest absolute Gasteiger partial charge is 0.370 e. The molecule has 0 saturated carbocycles. The summed E-state index contributed by atoms with van der Waals surface area (Å²) in [6.07, 6.45) is 3.85. The maximum Gasteiger partial charge on any atom is 0.247 e. The predicted molar refractivity (Wildman–Crippen MR) is 80.2 cm³/mol. The zero-order valence-electron chi connectivity index (χ0n) is 11.7. The van der Waals surface area contributed by atoms with E-state index in [0.717, 1.165) is 31.5 Å². The Morgan fingerprint density at radius 2 is 1.80 bits per heavy atom. The molecule has 1 amide bonds. The molecule has 1 aromatic carbocycles. The second-order valence-electron chi connectivity index (χ2n) is 5.15. The molecule has 1 saturated heterocycles. The van der Waals surface area contributed by atoms with Gasteiger partial charge in [0.05, 0.1) is 0 Å². The minimum absolute atomic E-state index is 0.0296. The maximum atomic E-state index is 12.5. The summed E-state index contributed by atoms with van der Waals surface area (Å²) >= 11 is 0. The van der Waals surface area contributed by atoms with E-state index in [0.29, 0.717) is 6.42 Å². The summed E-state index contributed by atoms with van der Waals surface area (Å²) in [4.78, 5) is 18.6. The van der Waals surface area contributed by atoms with Crippen LogP contribution in [-0.2, 0) is 11.2 Å². The third kappa shape index (κ3) is 3.98. The number of carbonyl (C=O) groups excluding carboxylic acids is 1. The van der Waals surface area contributed by atoms with Crippen LogP contribution >= 0.6 is 0 Å². The maximum absolute atomic E-state index is 12.5. The van der Waals surface area contributed by atoms with Crippen molar-refractivity contribution in [3.63, 3.8) is 0 Å². The van der Waals surface area contributed by atoms with Gasteiger partial charge in [-0.3, -0.25) is 4.79 Å². The van der Waals surface area contributed by atoms with E-state index in [1.165, 1.54) is 6.42 Å². The second-order valence-corrected chi connectivity index (χ2v) is 5.15. The van der Waals surface area contributed by atoms with Gasteiger partial charge in [-0.25, -0.2) is 4.99 Å². The van der Waals surface area contributed by atoms with Gasteiger partial charge >= 0.3 is 0 Å². The first kappa shape index (κ1) is 14.4. The van der Waals surface area contributed by atoms with Gasteiger partial charge < -0.3 is 16.4 Å². The van der Waals surface area contributed by atoms with E-state index < -0.39 is 6.04 Å². The third-order valence-corrected chi connectivity index (χ3v) is 3.53. The van der Waals surface area contributed by atoms with Crippen molar-refractivity contribution in [2.75, 3.05) is 13.1 Å². The highest BCUT2D eigenvalue weighted by atomic mass is 16.2. The van der Waals surface area contributed by atoms with Crippen molar-refractivity contribution in [3.8, 4) is 0 Å². The lowest BCUT2D eigenvalue weighted by atomic mass is 10.0. The minimum atomic E-state index is -0.513. The van der Waals surface area contributed by atoms with Crippen LogP contribution in [0.4, 0.5) is 0 Å². The van der Waals surface area contributed by atoms with Gasteiger partial charge in [0.25, 0.3) is 0 Å². The van der Waals surface area contributed by atoms with Crippen molar-refractivity contribution in [3.05, 3.63) is 35.9 Å². The summed E-state index contributed by atoms with van der Waals surface area (Å²) in [6.45, 7) is 1.62. The molecule has 5 nitrogen and oxygen atoms in total. The number of benzene rings is 1. The van der Waals surface area contributed by atoms with E-state index in [4.69, 9.17) is 11.5 Å². The Balaban J connectivity index is 2.10. The summed E-state index contributed by atoms with van der Waals surface area (Å²) < 4.78 is 0. The normalized spacial score (nSPS) is 16.5. The molecule has 0 aliphatic carbocycles. The first-order valence-electron chi connectivity index (χ1n) is 7.08. The quantitative estimate of drug-likeness (QED) is 0.631. The van der Waals surface area contributed by atoms with Gasteiger partial charge in [-0.1, -0.05) is 30.3 Å². The number of hydrogen-bond donors (Lipinski definition) is 2. The molecule has 5 heteroatoms. The molecule has 20 heavy (non-hydrogen) atoms. The first-order chi connectivity index (χ1) is 9.66. The zero-order valence-corrected chi connectivity index (χ0v) is 11.7. The molecule has 1 aliphatic rings. The predicted octanol–water partition coefficient (Wildman–Crippen LogP) is 0.884. The van der Waals surface area contributed by atoms with Gasteiger partial charge in [0, 0.05) is 19.5 Å². The van der Waals surface area contributed by atoms with Crippen LogP contribution in [0.2, 0.25) is 0 Å². The number of piperidine rings is 1. The number of nitrogens with two attached hydrogens (primary N) is 2. The van der Waals surface area contributed by atoms with Crippen molar-refractivity contribution in [2.24, 2.45) is 16.5 Å². The fourth-order valence-electron chi connectivity index (χ4n) is 2.53. The van der Waals surface area contributed by atoms with Crippen LogP contribution in [0.15, 0.2) is 35.3 Å². The number of likely N-dealkylation sites (tertiary alicyclic amines) is 1. The van der Waals surface area contributed by atoms with Crippen LogP contribution in [-0.4, -0.2) is 35.9 Å². The van der Waals surface area contributed by atoms with Crippen LogP contribution in [0.5, 0.6) is 0 Å². The molecule has 1 aliphatic heterocycles. The van der Waals surface area contributed by atoms with E-state index in [1.54, 1.807) is 0 Å². The average molecular weight is 274 g/mol. The van der Waals surface area contributed by atoms with Crippen molar-refractivity contribution < 1.29 is 4.79 Å². The summed E-state index contributed by atoms with van der Waals surface area (Å²) in [5.74, 6) is -0.00163. The molecule has 108 valence electrons. The Morgan fingerprint density at radius 3 is 2.40 bits per heavy atom. The van der Waals surface area contributed by atoms with Gasteiger partial charge in [-0.15, -0.1) is 0 Å². The van der Waals surface area contributed by atoms with Gasteiger partial charge in [0.1, 0.15) is 6.04 Å². The van der Waals surface area contributed by atoms with Crippen molar-refractivity contribution in [1.82, 2.24) is 4.90 Å². The molecular weight excluding hydrogens is 252 g/mol. The van der Waals surface area contributed by atoms with Gasteiger partial charge in [-0.2, -0.15) is 0 Å². The van der Waals surface area contributed by atoms with E-state index >= 15 is 0 Å². The highest BCUT2D eigenvalue weighted by Crippen LogP contribution is 2.14. The van der Waals surface area contributed by atoms with Gasteiger partial charge in [0.2, 0.25) is 5.91 Å². The van der Waals surface area contributed by atoms with Crippen LogP contribution in [0, 0.1) is 0 Å². The molecule has 0 aromatic heterocycles. The third-order valence-electron chi connectivity index (χ3n) is 3.53. The second kappa shape index (κ2) is 6.93. The number of amides is 1. The Kier molecular flexibility index (Phi) is 4.98. The Labute approximate surface area is 119 Å². The fraction of sp³-hybridized carbons (Fsp3) is 0.467. The molecule has 0 spiro atoms. The summed E-state index contributed by atoms with van der Waals surface area (Å²) in [6, 6.07) is 9.31. The number of hydrogen-bond acceptors (Lipinski definition) is 2. The van der Waals surface area contributed by atoms with E-state index in [2.05, 4.69) is 4.99 Å². The Bertz CT molecular complexity index is 462. The molecule has 0 unspecified atom stereocenters. The topological polar surface area (TPSA) is 84.7 Å². The number of guanidine groups is 1. The van der Waals surface area contributed by atoms with E-state index in [9.17, 15) is 4.79 Å². The number of nitrogens with zero attached hydrogens (tertiary/aromatic N) is 2. The molecule has 1 heterocycles. The number of aliphatic imine (C=N–C) groups is 1. The fourth-order valence-corrected chi connectivity index (χ4v) is 2.53.